The molecule has 1 aliphatic carbocycles. The summed E-state index contributed by atoms with van der Waals surface area (Å²) >= 11 is 0. The van der Waals surface area contributed by atoms with Crippen molar-refractivity contribution in [2.75, 3.05) is 18.0 Å². The molecule has 7 heteroatoms. The van der Waals surface area contributed by atoms with Crippen LogP contribution in [0.3, 0.4) is 0 Å². The smallest absolute Gasteiger partial charge is 0.341 e. The molecule has 1 saturated heterocycles. The zero-order chi connectivity index (χ0) is 19.5. The molecule has 2 aromatic rings. The van der Waals surface area contributed by atoms with Crippen LogP contribution in [0.2, 0.25) is 0 Å². The first-order valence-electron chi connectivity index (χ1n) is 9.41. The van der Waals surface area contributed by atoms with Gasteiger partial charge in [-0.3, -0.25) is 9.20 Å². The number of aromatic nitrogens is 1. The normalized spacial score (nSPS) is 21.0. The van der Waals surface area contributed by atoms with Crippen LogP contribution in [0.4, 0.5) is 10.1 Å². The first-order chi connectivity index (χ1) is 12.8. The molecule has 6 nitrogen and oxygen atoms in total. The zero-order valence-electron chi connectivity index (χ0n) is 15.5. The molecule has 3 N–H and O–H groups in total. The van der Waals surface area contributed by atoms with Crippen molar-refractivity contribution < 1.29 is 14.3 Å². The molecule has 2 aliphatic rings. The van der Waals surface area contributed by atoms with Crippen molar-refractivity contribution in [3.8, 4) is 0 Å². The highest BCUT2D eigenvalue weighted by molar-refractivity contribution is 5.89. The van der Waals surface area contributed by atoms with Gasteiger partial charge in [0, 0.05) is 19.1 Å². The van der Waals surface area contributed by atoms with Crippen LogP contribution in [0.1, 0.15) is 53.6 Å². The lowest BCUT2D eigenvalue weighted by Gasteiger charge is -2.24. The fourth-order valence-corrected chi connectivity index (χ4v) is 4.31. The molecule has 2 fully saturated rings. The maximum Gasteiger partial charge on any atom is 0.341 e. The molecular weight excluding hydrogens is 349 g/mol. The highest BCUT2D eigenvalue weighted by atomic mass is 19.1. The van der Waals surface area contributed by atoms with Crippen LogP contribution in [-0.2, 0) is 0 Å². The number of aryl methyl sites for hydroxylation is 1. The molecule has 2 atom stereocenters. The number of pyridine rings is 2. The zero-order valence-corrected chi connectivity index (χ0v) is 15.5. The minimum absolute atomic E-state index is 0.0431. The number of hydrogen-bond acceptors (Lipinski definition) is 4. The lowest BCUT2D eigenvalue weighted by atomic mass is 10.0. The fourth-order valence-electron chi connectivity index (χ4n) is 4.31. The summed E-state index contributed by atoms with van der Waals surface area (Å²) in [6.45, 7) is 5.19. The second kappa shape index (κ2) is 6.34. The van der Waals surface area contributed by atoms with E-state index in [1.54, 1.807) is 0 Å². The van der Waals surface area contributed by atoms with Crippen molar-refractivity contribution in [2.45, 2.75) is 45.1 Å². The Morgan fingerprint density at radius 3 is 2.63 bits per heavy atom. The molecular formula is C20H24FN3O3. The number of nitrogens with zero attached hydrogens (tertiary/aromatic N) is 2. The second-order valence-electron chi connectivity index (χ2n) is 7.92. The average Bonchev–Trinajstić information content (AvgIpc) is 3.32. The number of carboxylic acids is 1. The van der Waals surface area contributed by atoms with E-state index in [9.17, 15) is 14.7 Å². The number of rotatable bonds is 4. The number of nitrogens with two attached hydrogens (primary N) is 1. The SMILES string of the molecule is Cc1c(N2CC[C@H]([C@H](C)N)C2)c(F)cn2c(=O)c(C(=O)O)cc(C3CC3)c12. The summed E-state index contributed by atoms with van der Waals surface area (Å²) in [5, 5.41) is 9.37. The van der Waals surface area contributed by atoms with Crippen molar-refractivity contribution in [2.24, 2.45) is 11.7 Å². The summed E-state index contributed by atoms with van der Waals surface area (Å²) in [5.74, 6) is -1.25. The number of anilines is 1. The lowest BCUT2D eigenvalue weighted by Crippen LogP contribution is -2.31. The van der Waals surface area contributed by atoms with E-state index in [1.165, 1.54) is 10.5 Å². The molecule has 0 amide bonds. The average molecular weight is 373 g/mol. The van der Waals surface area contributed by atoms with E-state index >= 15 is 4.39 Å². The standard InChI is InChI=1S/C20H24FN3O3/c1-10-17-14(12-3-4-12)7-15(20(26)27)19(25)24(17)9-16(21)18(10)23-6-5-13(8-23)11(2)22/h7,9,11-13H,3-6,8,22H2,1-2H3,(H,26,27)/t11-,13-/m0/s1. The van der Waals surface area contributed by atoms with E-state index < -0.39 is 17.3 Å². The molecule has 2 aromatic heterocycles. The predicted octanol–water partition coefficient (Wildman–Crippen LogP) is 2.50. The van der Waals surface area contributed by atoms with Crippen molar-refractivity contribution in [3.05, 3.63) is 45.1 Å². The third-order valence-corrected chi connectivity index (χ3v) is 5.97. The molecule has 1 aliphatic heterocycles. The minimum Gasteiger partial charge on any atom is -0.477 e. The number of fused-ring (bicyclic) bond motifs is 1. The summed E-state index contributed by atoms with van der Waals surface area (Å²) in [7, 11) is 0. The van der Waals surface area contributed by atoms with Gasteiger partial charge in [-0.05, 0) is 62.1 Å². The van der Waals surface area contributed by atoms with Gasteiger partial charge in [0.15, 0.2) is 5.82 Å². The number of carboxylic acid groups (broad SMARTS) is 1. The predicted molar refractivity (Wildman–Crippen MR) is 101 cm³/mol. The maximum absolute atomic E-state index is 15.0. The van der Waals surface area contributed by atoms with E-state index in [-0.39, 0.29) is 17.5 Å². The van der Waals surface area contributed by atoms with Gasteiger partial charge in [0.25, 0.3) is 5.56 Å². The Labute approximate surface area is 156 Å². The van der Waals surface area contributed by atoms with Gasteiger partial charge in [-0.1, -0.05) is 0 Å². The molecule has 0 aromatic carbocycles. The van der Waals surface area contributed by atoms with Crippen LogP contribution in [0, 0.1) is 18.7 Å². The first kappa shape index (κ1) is 18.0. The van der Waals surface area contributed by atoms with E-state index in [0.717, 1.165) is 37.6 Å². The Morgan fingerprint density at radius 1 is 1.37 bits per heavy atom. The number of carbonyl (C=O) groups is 1. The monoisotopic (exact) mass is 373 g/mol. The molecule has 0 spiro atoms. The van der Waals surface area contributed by atoms with Crippen molar-refractivity contribution >= 4 is 17.2 Å². The van der Waals surface area contributed by atoms with Gasteiger partial charge in [-0.2, -0.15) is 0 Å². The fraction of sp³-hybridized carbons (Fsp3) is 0.500. The van der Waals surface area contributed by atoms with E-state index in [0.29, 0.717) is 29.2 Å². The summed E-state index contributed by atoms with van der Waals surface area (Å²) < 4.78 is 16.2. The number of hydrogen-bond donors (Lipinski definition) is 2. The summed E-state index contributed by atoms with van der Waals surface area (Å²) in [6, 6.07) is 1.53. The second-order valence-corrected chi connectivity index (χ2v) is 7.92. The molecule has 0 unspecified atom stereocenters. The molecule has 1 saturated carbocycles. The third kappa shape index (κ3) is 2.90. The van der Waals surface area contributed by atoms with Gasteiger partial charge in [-0.25, -0.2) is 9.18 Å². The van der Waals surface area contributed by atoms with E-state index in [1.807, 2.05) is 18.7 Å². The Kier molecular flexibility index (Phi) is 4.22. The van der Waals surface area contributed by atoms with E-state index in [4.69, 9.17) is 5.73 Å². The van der Waals surface area contributed by atoms with Crippen LogP contribution in [-0.4, -0.2) is 34.6 Å². The molecule has 0 bridgehead atoms. The van der Waals surface area contributed by atoms with Crippen molar-refractivity contribution in [1.82, 2.24) is 4.40 Å². The Balaban J connectivity index is 1.94. The van der Waals surface area contributed by atoms with Gasteiger partial charge < -0.3 is 15.7 Å². The molecule has 3 heterocycles. The minimum atomic E-state index is -1.28. The number of aromatic carboxylic acids is 1. The summed E-state index contributed by atoms with van der Waals surface area (Å²) in [6.07, 6.45) is 3.96. The quantitative estimate of drug-likeness (QED) is 0.860. The molecule has 4 rings (SSSR count). The summed E-state index contributed by atoms with van der Waals surface area (Å²) in [5.41, 5.74) is 7.69. The van der Waals surface area contributed by atoms with Crippen LogP contribution in [0.25, 0.3) is 5.52 Å². The third-order valence-electron chi connectivity index (χ3n) is 5.97. The first-order valence-corrected chi connectivity index (χ1v) is 9.41. The summed E-state index contributed by atoms with van der Waals surface area (Å²) in [4.78, 5) is 26.1. The van der Waals surface area contributed by atoms with Gasteiger partial charge in [-0.15, -0.1) is 0 Å². The van der Waals surface area contributed by atoms with Crippen LogP contribution >= 0.6 is 0 Å². The Hall–Kier alpha value is -2.41. The van der Waals surface area contributed by atoms with Crippen LogP contribution < -0.4 is 16.2 Å². The lowest BCUT2D eigenvalue weighted by molar-refractivity contribution is 0.0694. The van der Waals surface area contributed by atoms with Gasteiger partial charge in [0.2, 0.25) is 0 Å². The highest BCUT2D eigenvalue weighted by Gasteiger charge is 2.32. The Bertz CT molecular complexity index is 994. The van der Waals surface area contributed by atoms with Gasteiger partial charge in [0.05, 0.1) is 17.4 Å². The van der Waals surface area contributed by atoms with E-state index in [2.05, 4.69) is 0 Å². The van der Waals surface area contributed by atoms with Crippen molar-refractivity contribution in [1.29, 1.82) is 0 Å². The number of halogens is 1. The van der Waals surface area contributed by atoms with Gasteiger partial charge >= 0.3 is 5.97 Å². The molecule has 0 radical (unpaired) electrons. The molecule has 144 valence electrons. The topological polar surface area (TPSA) is 88.0 Å². The van der Waals surface area contributed by atoms with Crippen LogP contribution in [0.15, 0.2) is 17.1 Å². The van der Waals surface area contributed by atoms with Gasteiger partial charge in [0.1, 0.15) is 5.56 Å². The largest absolute Gasteiger partial charge is 0.477 e. The van der Waals surface area contributed by atoms with Crippen LogP contribution in [0.5, 0.6) is 0 Å². The molecule has 27 heavy (non-hydrogen) atoms. The maximum atomic E-state index is 15.0. The van der Waals surface area contributed by atoms with Crippen molar-refractivity contribution in [3.63, 3.8) is 0 Å². The Morgan fingerprint density at radius 2 is 2.07 bits per heavy atom. The highest BCUT2D eigenvalue weighted by Crippen LogP contribution is 2.44.